The zero-order chi connectivity index (χ0) is 15.2. The van der Waals surface area contributed by atoms with Crippen LogP contribution in [0.25, 0.3) is 0 Å². The Morgan fingerprint density at radius 3 is 2.62 bits per heavy atom. The minimum atomic E-state index is -0.353. The van der Waals surface area contributed by atoms with Crippen molar-refractivity contribution in [2.75, 3.05) is 14.2 Å². The fraction of sp³-hybridized carbons (Fsp3) is 0.143. The number of amides is 1. The van der Waals surface area contributed by atoms with Crippen LogP contribution in [0, 0.1) is 3.77 Å². The lowest BCUT2D eigenvalue weighted by Gasteiger charge is -2.08. The van der Waals surface area contributed by atoms with Gasteiger partial charge in [0.05, 0.1) is 20.4 Å². The highest BCUT2D eigenvalue weighted by Crippen LogP contribution is 2.27. The predicted octanol–water partition coefficient (Wildman–Crippen LogP) is 2.67. The molecule has 1 heterocycles. The van der Waals surface area contributed by atoms with E-state index in [9.17, 15) is 4.79 Å². The smallest absolute Gasteiger partial charge is 0.271 e. The molecule has 0 fully saturated rings. The van der Waals surface area contributed by atoms with Gasteiger partial charge >= 0.3 is 0 Å². The number of rotatable bonds is 5. The average Bonchev–Trinajstić information content (AvgIpc) is 2.91. The first kappa shape index (κ1) is 15.4. The van der Waals surface area contributed by atoms with Crippen LogP contribution in [0.4, 0.5) is 0 Å². The standard InChI is InChI=1S/C14H13IN2O4/c1-19-11-5-3-9(7-12(11)20-2)14(18)17-16-8-10-4-6-13(15)21-10/h3-8H,1-2H3,(H,17,18)/b16-8+. The highest BCUT2D eigenvalue weighted by molar-refractivity contribution is 14.1. The Morgan fingerprint density at radius 2 is 2.00 bits per heavy atom. The molecule has 0 spiro atoms. The molecule has 1 amide bonds. The Hall–Kier alpha value is -2.03. The van der Waals surface area contributed by atoms with E-state index >= 15 is 0 Å². The summed E-state index contributed by atoms with van der Waals surface area (Å²) >= 11 is 2.05. The minimum absolute atomic E-state index is 0.353. The number of furan rings is 1. The van der Waals surface area contributed by atoms with Gasteiger partial charge in [-0.3, -0.25) is 4.79 Å². The molecule has 0 unspecified atom stereocenters. The maximum absolute atomic E-state index is 12.0. The van der Waals surface area contributed by atoms with Gasteiger partial charge < -0.3 is 13.9 Å². The fourth-order valence-corrected chi connectivity index (χ4v) is 2.03. The largest absolute Gasteiger partial charge is 0.493 e. The molecule has 0 aliphatic rings. The second-order valence-corrected chi connectivity index (χ2v) is 4.97. The van der Waals surface area contributed by atoms with Gasteiger partial charge in [-0.1, -0.05) is 0 Å². The Kier molecular flexibility index (Phi) is 5.20. The van der Waals surface area contributed by atoms with Gasteiger partial charge in [0, 0.05) is 5.56 Å². The highest BCUT2D eigenvalue weighted by atomic mass is 127. The molecule has 0 saturated carbocycles. The number of hydrogen-bond donors (Lipinski definition) is 1. The summed E-state index contributed by atoms with van der Waals surface area (Å²) in [5, 5.41) is 3.84. The van der Waals surface area contributed by atoms with Crippen molar-refractivity contribution >= 4 is 34.7 Å². The lowest BCUT2D eigenvalue weighted by Crippen LogP contribution is -2.17. The van der Waals surface area contributed by atoms with E-state index in [0.717, 1.165) is 3.77 Å². The van der Waals surface area contributed by atoms with Crippen LogP contribution in [-0.2, 0) is 0 Å². The number of methoxy groups -OCH3 is 2. The maximum Gasteiger partial charge on any atom is 0.271 e. The van der Waals surface area contributed by atoms with Crippen LogP contribution in [0.15, 0.2) is 39.9 Å². The number of carbonyl (C=O) groups excluding carboxylic acids is 1. The second-order valence-electron chi connectivity index (χ2n) is 3.91. The molecule has 0 radical (unpaired) electrons. The molecule has 21 heavy (non-hydrogen) atoms. The first-order valence-electron chi connectivity index (χ1n) is 5.95. The van der Waals surface area contributed by atoms with Gasteiger partial charge in [-0.05, 0) is 52.9 Å². The third kappa shape index (κ3) is 3.97. The molecule has 110 valence electrons. The maximum atomic E-state index is 12.0. The molecule has 0 aliphatic heterocycles. The van der Waals surface area contributed by atoms with Crippen molar-refractivity contribution in [3.05, 3.63) is 45.4 Å². The number of hydrogen-bond acceptors (Lipinski definition) is 5. The Labute approximate surface area is 135 Å². The molecule has 1 aromatic heterocycles. The summed E-state index contributed by atoms with van der Waals surface area (Å²) in [4.78, 5) is 12.0. The summed E-state index contributed by atoms with van der Waals surface area (Å²) in [6.07, 6.45) is 1.43. The summed E-state index contributed by atoms with van der Waals surface area (Å²) in [5.41, 5.74) is 2.83. The predicted molar refractivity (Wildman–Crippen MR) is 86.0 cm³/mol. The average molecular weight is 400 g/mol. The molecular weight excluding hydrogens is 387 g/mol. The number of nitrogens with zero attached hydrogens (tertiary/aromatic N) is 1. The van der Waals surface area contributed by atoms with Crippen LogP contribution in [0.2, 0.25) is 0 Å². The first-order chi connectivity index (χ1) is 10.1. The highest BCUT2D eigenvalue weighted by Gasteiger charge is 2.09. The molecule has 1 N–H and O–H groups in total. The van der Waals surface area contributed by atoms with Gasteiger partial charge in [0.2, 0.25) is 0 Å². The van der Waals surface area contributed by atoms with E-state index in [4.69, 9.17) is 13.9 Å². The zero-order valence-electron chi connectivity index (χ0n) is 11.4. The molecule has 0 bridgehead atoms. The SMILES string of the molecule is COc1ccc(C(=O)N/N=C/c2ccc(I)o2)cc1OC. The summed E-state index contributed by atoms with van der Waals surface area (Å²) in [5.74, 6) is 1.25. The van der Waals surface area contributed by atoms with Crippen LogP contribution < -0.4 is 14.9 Å². The van der Waals surface area contributed by atoms with Gasteiger partial charge in [0.15, 0.2) is 15.3 Å². The third-order valence-corrected chi connectivity index (χ3v) is 3.18. The fourth-order valence-electron chi connectivity index (χ4n) is 1.59. The first-order valence-corrected chi connectivity index (χ1v) is 7.02. The molecule has 6 nitrogen and oxygen atoms in total. The van der Waals surface area contributed by atoms with Crippen LogP contribution >= 0.6 is 22.6 Å². The monoisotopic (exact) mass is 400 g/mol. The van der Waals surface area contributed by atoms with Gasteiger partial charge in [-0.15, -0.1) is 0 Å². The minimum Gasteiger partial charge on any atom is -0.493 e. The van der Waals surface area contributed by atoms with Crippen molar-refractivity contribution in [2.24, 2.45) is 5.10 Å². The van der Waals surface area contributed by atoms with Gasteiger partial charge in [0.25, 0.3) is 5.91 Å². The quantitative estimate of drug-likeness (QED) is 0.476. The molecular formula is C14H13IN2O4. The van der Waals surface area contributed by atoms with Crippen molar-refractivity contribution in [3.8, 4) is 11.5 Å². The van der Waals surface area contributed by atoms with E-state index in [1.54, 1.807) is 30.3 Å². The van der Waals surface area contributed by atoms with E-state index in [1.807, 2.05) is 22.6 Å². The Morgan fingerprint density at radius 1 is 1.24 bits per heavy atom. The lowest BCUT2D eigenvalue weighted by molar-refractivity contribution is 0.0954. The summed E-state index contributed by atoms with van der Waals surface area (Å²) < 4.78 is 16.3. The van der Waals surface area contributed by atoms with Crippen molar-refractivity contribution in [2.45, 2.75) is 0 Å². The molecule has 1 aromatic carbocycles. The number of nitrogens with one attached hydrogen (secondary N) is 1. The van der Waals surface area contributed by atoms with Gasteiger partial charge in [-0.2, -0.15) is 5.10 Å². The normalized spacial score (nSPS) is 10.6. The second kappa shape index (κ2) is 7.11. The van der Waals surface area contributed by atoms with Crippen LogP contribution in [0.5, 0.6) is 11.5 Å². The van der Waals surface area contributed by atoms with Crippen molar-refractivity contribution in [3.63, 3.8) is 0 Å². The van der Waals surface area contributed by atoms with Crippen molar-refractivity contribution in [1.29, 1.82) is 0 Å². The number of hydrazone groups is 1. The van der Waals surface area contributed by atoms with E-state index in [2.05, 4.69) is 10.5 Å². The van der Waals surface area contributed by atoms with Gasteiger partial charge in [-0.25, -0.2) is 5.43 Å². The van der Waals surface area contributed by atoms with Gasteiger partial charge in [0.1, 0.15) is 5.76 Å². The molecule has 2 aromatic rings. The Balaban J connectivity index is 2.05. The van der Waals surface area contributed by atoms with Crippen LogP contribution in [0.3, 0.4) is 0 Å². The molecule has 7 heteroatoms. The van der Waals surface area contributed by atoms with Crippen LogP contribution in [0.1, 0.15) is 16.1 Å². The van der Waals surface area contributed by atoms with Crippen molar-refractivity contribution in [1.82, 2.24) is 5.43 Å². The summed E-state index contributed by atoms with van der Waals surface area (Å²) in [6, 6.07) is 8.43. The van der Waals surface area contributed by atoms with Crippen molar-refractivity contribution < 1.29 is 18.7 Å². The molecule has 2 rings (SSSR count). The topological polar surface area (TPSA) is 73.1 Å². The molecule has 0 saturated heterocycles. The van der Waals surface area contributed by atoms with E-state index in [-0.39, 0.29) is 5.91 Å². The number of carbonyl (C=O) groups is 1. The molecule has 0 atom stereocenters. The number of ether oxygens (including phenoxy) is 2. The molecule has 0 aliphatic carbocycles. The van der Waals surface area contributed by atoms with E-state index < -0.39 is 0 Å². The Bertz CT molecular complexity index is 667. The van der Waals surface area contributed by atoms with E-state index in [1.165, 1.54) is 20.4 Å². The zero-order valence-corrected chi connectivity index (χ0v) is 13.6. The lowest BCUT2D eigenvalue weighted by atomic mass is 10.2. The van der Waals surface area contributed by atoms with E-state index in [0.29, 0.717) is 22.8 Å². The third-order valence-electron chi connectivity index (χ3n) is 2.60. The number of benzene rings is 1. The number of halogens is 1. The van der Waals surface area contributed by atoms with Crippen LogP contribution in [-0.4, -0.2) is 26.3 Å². The summed E-state index contributed by atoms with van der Waals surface area (Å²) in [6.45, 7) is 0. The summed E-state index contributed by atoms with van der Waals surface area (Å²) in [7, 11) is 3.04.